The average Bonchev–Trinajstić information content (AvgIpc) is 2.01. The third-order valence-corrected chi connectivity index (χ3v) is 2.06. The summed E-state index contributed by atoms with van der Waals surface area (Å²) in [6, 6.07) is 0.874. The van der Waals surface area contributed by atoms with E-state index in [1.54, 1.807) is 0 Å². The number of rotatable bonds is 1. The van der Waals surface area contributed by atoms with Crippen LogP contribution in [0.25, 0.3) is 0 Å². The fourth-order valence-electron chi connectivity index (χ4n) is 0.804. The SMILES string of the molecule is COc1c(N)cc(F)c(F)c1Br. The van der Waals surface area contributed by atoms with Gasteiger partial charge in [-0.1, -0.05) is 0 Å². The van der Waals surface area contributed by atoms with Gasteiger partial charge in [-0.25, -0.2) is 8.78 Å². The smallest absolute Gasteiger partial charge is 0.176 e. The van der Waals surface area contributed by atoms with Crippen molar-refractivity contribution in [3.63, 3.8) is 0 Å². The summed E-state index contributed by atoms with van der Waals surface area (Å²) in [5, 5.41) is 0. The van der Waals surface area contributed by atoms with E-state index in [0.29, 0.717) is 0 Å². The van der Waals surface area contributed by atoms with Crippen molar-refractivity contribution in [2.45, 2.75) is 0 Å². The van der Waals surface area contributed by atoms with Crippen molar-refractivity contribution in [2.24, 2.45) is 0 Å². The highest BCUT2D eigenvalue weighted by Crippen LogP contribution is 2.34. The van der Waals surface area contributed by atoms with Gasteiger partial charge in [-0.05, 0) is 15.9 Å². The highest BCUT2D eigenvalue weighted by Gasteiger charge is 2.14. The minimum atomic E-state index is -1.000. The van der Waals surface area contributed by atoms with Gasteiger partial charge in [0.25, 0.3) is 0 Å². The molecule has 12 heavy (non-hydrogen) atoms. The molecule has 0 saturated heterocycles. The van der Waals surface area contributed by atoms with Crippen molar-refractivity contribution >= 4 is 21.6 Å². The van der Waals surface area contributed by atoms with E-state index in [9.17, 15) is 8.78 Å². The molecule has 2 N–H and O–H groups in total. The first-order chi connectivity index (χ1) is 5.57. The number of nitrogen functional groups attached to an aromatic ring is 1. The van der Waals surface area contributed by atoms with Crippen LogP contribution in [0.1, 0.15) is 0 Å². The molecule has 0 fully saturated rings. The van der Waals surface area contributed by atoms with Gasteiger partial charge in [0, 0.05) is 6.07 Å². The van der Waals surface area contributed by atoms with Gasteiger partial charge in [-0.15, -0.1) is 0 Å². The highest BCUT2D eigenvalue weighted by molar-refractivity contribution is 9.10. The minimum absolute atomic E-state index is 0.0586. The van der Waals surface area contributed by atoms with Crippen LogP contribution in [0.15, 0.2) is 10.5 Å². The molecule has 0 aliphatic heterocycles. The molecule has 0 aromatic heterocycles. The molecule has 0 spiro atoms. The lowest BCUT2D eigenvalue weighted by Crippen LogP contribution is -1.97. The number of methoxy groups -OCH3 is 1. The summed E-state index contributed by atoms with van der Waals surface area (Å²) in [5.74, 6) is -1.89. The van der Waals surface area contributed by atoms with E-state index in [1.807, 2.05) is 0 Å². The molecule has 0 heterocycles. The Bertz CT molecular complexity index is 317. The zero-order chi connectivity index (χ0) is 9.30. The van der Waals surface area contributed by atoms with E-state index in [1.165, 1.54) is 7.11 Å². The zero-order valence-corrected chi connectivity index (χ0v) is 7.78. The standard InChI is InChI=1S/C7H6BrF2NO/c1-12-7-4(11)2-3(9)6(10)5(7)8/h2H,11H2,1H3. The molecular weight excluding hydrogens is 232 g/mol. The molecule has 0 amide bonds. The topological polar surface area (TPSA) is 35.2 Å². The Kier molecular flexibility index (Phi) is 2.52. The Balaban J connectivity index is 3.40. The fraction of sp³-hybridized carbons (Fsp3) is 0.143. The number of anilines is 1. The molecule has 1 rings (SSSR count). The lowest BCUT2D eigenvalue weighted by atomic mass is 10.3. The van der Waals surface area contributed by atoms with Gasteiger partial charge in [-0.2, -0.15) is 0 Å². The monoisotopic (exact) mass is 237 g/mol. The molecule has 0 atom stereocenters. The number of hydrogen-bond donors (Lipinski definition) is 1. The maximum Gasteiger partial charge on any atom is 0.176 e. The van der Waals surface area contributed by atoms with Gasteiger partial charge in [0.05, 0.1) is 12.8 Å². The van der Waals surface area contributed by atoms with E-state index in [2.05, 4.69) is 15.9 Å². The number of nitrogens with two attached hydrogens (primary N) is 1. The molecule has 66 valence electrons. The molecule has 0 aliphatic rings. The molecule has 0 aliphatic carbocycles. The van der Waals surface area contributed by atoms with Gasteiger partial charge in [0.1, 0.15) is 4.47 Å². The second kappa shape index (κ2) is 3.26. The molecular formula is C7H6BrF2NO. The Morgan fingerprint density at radius 2 is 2.08 bits per heavy atom. The quantitative estimate of drug-likeness (QED) is 0.601. The van der Waals surface area contributed by atoms with E-state index in [4.69, 9.17) is 10.5 Å². The third-order valence-electron chi connectivity index (χ3n) is 1.35. The van der Waals surface area contributed by atoms with Crippen LogP contribution < -0.4 is 10.5 Å². The first kappa shape index (κ1) is 9.25. The first-order valence-electron chi connectivity index (χ1n) is 3.05. The Morgan fingerprint density at radius 1 is 1.50 bits per heavy atom. The normalized spacial score (nSPS) is 10.0. The molecule has 0 radical (unpaired) electrons. The molecule has 0 unspecified atom stereocenters. The van der Waals surface area contributed by atoms with E-state index in [0.717, 1.165) is 6.07 Å². The predicted molar refractivity (Wildman–Crippen MR) is 45.0 cm³/mol. The van der Waals surface area contributed by atoms with E-state index < -0.39 is 11.6 Å². The lowest BCUT2D eigenvalue weighted by Gasteiger charge is -2.07. The van der Waals surface area contributed by atoms with Crippen molar-refractivity contribution in [1.82, 2.24) is 0 Å². The first-order valence-corrected chi connectivity index (χ1v) is 3.84. The van der Waals surface area contributed by atoms with Crippen molar-refractivity contribution in [2.75, 3.05) is 12.8 Å². The average molecular weight is 238 g/mol. The molecule has 2 nitrogen and oxygen atoms in total. The second-order valence-electron chi connectivity index (χ2n) is 2.11. The van der Waals surface area contributed by atoms with Crippen molar-refractivity contribution in [1.29, 1.82) is 0 Å². The molecule has 1 aromatic rings. The van der Waals surface area contributed by atoms with Crippen LogP contribution in [-0.4, -0.2) is 7.11 Å². The Labute approximate surface area is 76.4 Å². The summed E-state index contributed by atoms with van der Waals surface area (Å²) in [5.41, 5.74) is 5.40. The summed E-state index contributed by atoms with van der Waals surface area (Å²) in [4.78, 5) is 0. The van der Waals surface area contributed by atoms with Crippen molar-refractivity contribution in [3.05, 3.63) is 22.2 Å². The predicted octanol–water partition coefficient (Wildman–Crippen LogP) is 2.32. The Morgan fingerprint density at radius 3 is 2.58 bits per heavy atom. The molecule has 1 aromatic carbocycles. The maximum atomic E-state index is 12.8. The van der Waals surface area contributed by atoms with Gasteiger partial charge < -0.3 is 10.5 Å². The van der Waals surface area contributed by atoms with Crippen LogP contribution in [0.4, 0.5) is 14.5 Å². The van der Waals surface area contributed by atoms with Gasteiger partial charge >= 0.3 is 0 Å². The van der Waals surface area contributed by atoms with Gasteiger partial charge in [0.15, 0.2) is 17.4 Å². The second-order valence-corrected chi connectivity index (χ2v) is 2.90. The van der Waals surface area contributed by atoms with Gasteiger partial charge in [-0.3, -0.25) is 0 Å². The molecule has 0 bridgehead atoms. The number of halogens is 3. The minimum Gasteiger partial charge on any atom is -0.493 e. The summed E-state index contributed by atoms with van der Waals surface area (Å²) in [7, 11) is 1.33. The van der Waals surface area contributed by atoms with Crippen LogP contribution >= 0.6 is 15.9 Å². The number of benzene rings is 1. The number of ether oxygens (including phenoxy) is 1. The van der Waals surface area contributed by atoms with Crippen LogP contribution in [0, 0.1) is 11.6 Å². The van der Waals surface area contributed by atoms with Crippen LogP contribution in [0.5, 0.6) is 5.75 Å². The third kappa shape index (κ3) is 1.36. The maximum absolute atomic E-state index is 12.8. The van der Waals surface area contributed by atoms with Crippen LogP contribution in [-0.2, 0) is 0 Å². The van der Waals surface area contributed by atoms with Crippen molar-refractivity contribution in [3.8, 4) is 5.75 Å². The van der Waals surface area contributed by atoms with Crippen LogP contribution in [0.3, 0.4) is 0 Å². The van der Waals surface area contributed by atoms with Crippen LogP contribution in [0.2, 0.25) is 0 Å². The van der Waals surface area contributed by atoms with E-state index in [-0.39, 0.29) is 15.9 Å². The zero-order valence-electron chi connectivity index (χ0n) is 6.20. The largest absolute Gasteiger partial charge is 0.493 e. The summed E-state index contributed by atoms with van der Waals surface area (Å²) < 4.78 is 30.1. The lowest BCUT2D eigenvalue weighted by molar-refractivity contribution is 0.404. The summed E-state index contributed by atoms with van der Waals surface area (Å²) in [6.45, 7) is 0. The highest BCUT2D eigenvalue weighted by atomic mass is 79.9. The summed E-state index contributed by atoms with van der Waals surface area (Å²) in [6.07, 6.45) is 0. The molecule has 5 heteroatoms. The Hall–Kier alpha value is -0.840. The number of hydrogen-bond acceptors (Lipinski definition) is 2. The fourth-order valence-corrected chi connectivity index (χ4v) is 1.38. The molecule has 0 saturated carbocycles. The van der Waals surface area contributed by atoms with Gasteiger partial charge in [0.2, 0.25) is 0 Å². The van der Waals surface area contributed by atoms with E-state index >= 15 is 0 Å². The summed E-state index contributed by atoms with van der Waals surface area (Å²) >= 11 is 2.82. The van der Waals surface area contributed by atoms with Crippen molar-refractivity contribution < 1.29 is 13.5 Å².